The van der Waals surface area contributed by atoms with E-state index in [2.05, 4.69) is 4.98 Å². The van der Waals surface area contributed by atoms with Crippen LogP contribution in [0.3, 0.4) is 0 Å². The molecule has 2 rings (SSSR count). The molecule has 20 heavy (non-hydrogen) atoms. The van der Waals surface area contributed by atoms with Crippen molar-refractivity contribution in [3.05, 3.63) is 49.4 Å². The summed E-state index contributed by atoms with van der Waals surface area (Å²) in [6.07, 6.45) is 0. The molecule has 6 heteroatoms. The van der Waals surface area contributed by atoms with Crippen molar-refractivity contribution >= 4 is 45.3 Å². The van der Waals surface area contributed by atoms with E-state index >= 15 is 0 Å². The Labute approximate surface area is 135 Å². The van der Waals surface area contributed by atoms with Crippen molar-refractivity contribution in [3.63, 3.8) is 0 Å². The van der Waals surface area contributed by atoms with Gasteiger partial charge < -0.3 is 0 Å². The second kappa shape index (κ2) is 6.56. The summed E-state index contributed by atoms with van der Waals surface area (Å²) >= 11 is 13.5. The number of halogens is 2. The van der Waals surface area contributed by atoms with Crippen LogP contribution in [-0.2, 0) is 16.6 Å². The second-order valence-corrected chi connectivity index (χ2v) is 8.45. The Morgan fingerprint density at radius 3 is 2.55 bits per heavy atom. The van der Waals surface area contributed by atoms with Crippen molar-refractivity contribution in [1.82, 2.24) is 4.98 Å². The van der Waals surface area contributed by atoms with Crippen molar-refractivity contribution in [3.8, 4) is 0 Å². The molecule has 2 atom stereocenters. The van der Waals surface area contributed by atoms with Crippen LogP contribution in [0.15, 0.2) is 18.2 Å². The maximum absolute atomic E-state index is 12.4. The Morgan fingerprint density at radius 1 is 1.30 bits per heavy atom. The number of hydrogen-bond acceptors (Lipinski definition) is 3. The van der Waals surface area contributed by atoms with E-state index in [1.165, 1.54) is 4.88 Å². The topological polar surface area (TPSA) is 30.0 Å². The monoisotopic (exact) mass is 347 g/mol. The van der Waals surface area contributed by atoms with Crippen molar-refractivity contribution in [2.75, 3.05) is 0 Å². The molecule has 0 amide bonds. The van der Waals surface area contributed by atoms with E-state index < -0.39 is 10.8 Å². The smallest absolute Gasteiger partial charge is 0.106 e. The minimum atomic E-state index is -1.03. The molecule has 0 N–H and O–H groups in total. The fraction of sp³-hybridized carbons (Fsp3) is 0.357. The van der Waals surface area contributed by atoms with Gasteiger partial charge in [0, 0.05) is 15.7 Å². The summed E-state index contributed by atoms with van der Waals surface area (Å²) in [6, 6.07) is 5.39. The summed E-state index contributed by atoms with van der Waals surface area (Å²) in [5.74, 6) is 0.473. The van der Waals surface area contributed by atoms with Crippen molar-refractivity contribution in [2.45, 2.75) is 31.8 Å². The molecule has 0 bridgehead atoms. The van der Waals surface area contributed by atoms with Crippen molar-refractivity contribution < 1.29 is 4.21 Å². The Morgan fingerprint density at radius 2 is 2.00 bits per heavy atom. The molecule has 108 valence electrons. The van der Waals surface area contributed by atoms with E-state index in [1.54, 1.807) is 23.5 Å². The molecule has 0 spiro atoms. The number of aryl methyl sites for hydroxylation is 2. The molecule has 1 aromatic heterocycles. The number of thiazole rings is 1. The van der Waals surface area contributed by atoms with Gasteiger partial charge in [-0.05, 0) is 38.5 Å². The lowest BCUT2D eigenvalue weighted by Crippen LogP contribution is -2.05. The van der Waals surface area contributed by atoms with Gasteiger partial charge in [0.2, 0.25) is 0 Å². The summed E-state index contributed by atoms with van der Waals surface area (Å²) in [6.45, 7) is 5.94. The van der Waals surface area contributed by atoms with Crippen LogP contribution < -0.4 is 0 Å². The highest BCUT2D eigenvalue weighted by Gasteiger charge is 2.17. The third kappa shape index (κ3) is 3.61. The maximum atomic E-state index is 12.4. The molecule has 0 saturated carbocycles. The average Bonchev–Trinajstić information content (AvgIpc) is 2.70. The zero-order chi connectivity index (χ0) is 14.9. The Bertz CT molecular complexity index is 635. The van der Waals surface area contributed by atoms with Crippen LogP contribution >= 0.6 is 34.5 Å². The predicted molar refractivity (Wildman–Crippen MR) is 88.3 cm³/mol. The number of benzene rings is 1. The molecule has 0 aliphatic heterocycles. The van der Waals surface area contributed by atoms with Crippen LogP contribution in [0.2, 0.25) is 10.0 Å². The van der Waals surface area contributed by atoms with Crippen LogP contribution in [0.4, 0.5) is 0 Å². The maximum Gasteiger partial charge on any atom is 0.106 e. The molecule has 0 aliphatic rings. The van der Waals surface area contributed by atoms with Crippen LogP contribution in [0, 0.1) is 13.8 Å². The van der Waals surface area contributed by atoms with Crippen LogP contribution in [0.5, 0.6) is 0 Å². The van der Waals surface area contributed by atoms with E-state index in [0.717, 1.165) is 16.3 Å². The number of hydrogen-bond donors (Lipinski definition) is 0. The molecule has 2 nitrogen and oxygen atoms in total. The van der Waals surface area contributed by atoms with Gasteiger partial charge in [0.25, 0.3) is 0 Å². The molecule has 0 radical (unpaired) electrons. The van der Waals surface area contributed by atoms with E-state index in [1.807, 2.05) is 26.8 Å². The molecular formula is C14H15Cl2NOS2. The lowest BCUT2D eigenvalue weighted by atomic mass is 10.2. The van der Waals surface area contributed by atoms with Gasteiger partial charge in [0.15, 0.2) is 0 Å². The van der Waals surface area contributed by atoms with Gasteiger partial charge in [-0.25, -0.2) is 4.98 Å². The van der Waals surface area contributed by atoms with Gasteiger partial charge in [0.1, 0.15) is 5.01 Å². The highest BCUT2D eigenvalue weighted by Crippen LogP contribution is 2.29. The first kappa shape index (κ1) is 16.0. The third-order valence-corrected chi connectivity index (χ3v) is 6.76. The summed E-state index contributed by atoms with van der Waals surface area (Å²) in [4.78, 5) is 5.62. The second-order valence-electron chi connectivity index (χ2n) is 4.59. The standard InChI is InChI=1S/C14H15Cl2NOS2/c1-8-9(2)19-14(17-8)7-20(18)10(3)11-4-5-12(15)13(16)6-11/h4-6,10H,7H2,1-3H3/t10-,20+/m0/s1. The van der Waals surface area contributed by atoms with E-state index in [0.29, 0.717) is 15.8 Å². The van der Waals surface area contributed by atoms with E-state index in [4.69, 9.17) is 23.2 Å². The Kier molecular flexibility index (Phi) is 5.24. The number of nitrogens with zero attached hydrogens (tertiary/aromatic N) is 1. The first-order valence-electron chi connectivity index (χ1n) is 6.13. The lowest BCUT2D eigenvalue weighted by Gasteiger charge is -2.11. The fourth-order valence-electron chi connectivity index (χ4n) is 1.76. The minimum Gasteiger partial charge on any atom is -0.259 e. The first-order valence-corrected chi connectivity index (χ1v) is 9.09. The summed E-state index contributed by atoms with van der Waals surface area (Å²) < 4.78 is 12.4. The number of rotatable bonds is 4. The van der Waals surface area contributed by atoms with Crippen molar-refractivity contribution in [1.29, 1.82) is 0 Å². The zero-order valence-corrected chi connectivity index (χ0v) is 14.6. The normalized spacial score (nSPS) is 14.2. The molecule has 2 aromatic rings. The third-order valence-electron chi connectivity index (χ3n) is 3.15. The van der Waals surface area contributed by atoms with E-state index in [-0.39, 0.29) is 5.25 Å². The zero-order valence-electron chi connectivity index (χ0n) is 11.4. The fourth-order valence-corrected chi connectivity index (χ4v) is 4.39. The molecule has 1 aromatic carbocycles. The Hall–Kier alpha value is -0.420. The van der Waals surface area contributed by atoms with Gasteiger partial charge in [-0.2, -0.15) is 0 Å². The molecule has 1 heterocycles. The number of aromatic nitrogens is 1. The van der Waals surface area contributed by atoms with Gasteiger partial charge in [-0.3, -0.25) is 4.21 Å². The summed E-state index contributed by atoms with van der Waals surface area (Å²) in [7, 11) is -1.03. The average molecular weight is 348 g/mol. The van der Waals surface area contributed by atoms with Crippen LogP contribution in [-0.4, -0.2) is 9.19 Å². The quantitative estimate of drug-likeness (QED) is 0.771. The van der Waals surface area contributed by atoms with Gasteiger partial charge in [0.05, 0.1) is 26.7 Å². The van der Waals surface area contributed by atoms with Gasteiger partial charge in [-0.1, -0.05) is 29.3 Å². The van der Waals surface area contributed by atoms with Gasteiger partial charge in [-0.15, -0.1) is 11.3 Å². The SMILES string of the molecule is Cc1nc(C[S@@](=O)[C@@H](C)c2ccc(Cl)c(Cl)c2)sc1C. The lowest BCUT2D eigenvalue weighted by molar-refractivity contribution is 0.675. The van der Waals surface area contributed by atoms with Crippen LogP contribution in [0.1, 0.15) is 33.3 Å². The largest absolute Gasteiger partial charge is 0.259 e. The molecule has 0 saturated heterocycles. The highest BCUT2D eigenvalue weighted by molar-refractivity contribution is 7.84. The summed E-state index contributed by atoms with van der Waals surface area (Å²) in [5, 5.41) is 1.83. The van der Waals surface area contributed by atoms with Crippen molar-refractivity contribution in [2.24, 2.45) is 0 Å². The minimum absolute atomic E-state index is 0.103. The molecular weight excluding hydrogens is 333 g/mol. The molecule has 0 aliphatic carbocycles. The highest BCUT2D eigenvalue weighted by atomic mass is 35.5. The molecule has 0 fully saturated rings. The first-order chi connectivity index (χ1) is 9.38. The summed E-state index contributed by atoms with van der Waals surface area (Å²) in [5.41, 5.74) is 1.95. The Balaban J connectivity index is 2.13. The van der Waals surface area contributed by atoms with Gasteiger partial charge >= 0.3 is 0 Å². The van der Waals surface area contributed by atoms with Crippen LogP contribution in [0.25, 0.3) is 0 Å². The van der Waals surface area contributed by atoms with E-state index in [9.17, 15) is 4.21 Å². The predicted octanol–water partition coefficient (Wildman–Crippen LogP) is 5.08. The molecule has 0 unspecified atom stereocenters.